The third-order valence-electron chi connectivity index (χ3n) is 1.13. The van der Waals surface area contributed by atoms with E-state index in [1.165, 1.54) is 0 Å². The van der Waals surface area contributed by atoms with Crippen LogP contribution in [0.5, 0.6) is 0 Å². The van der Waals surface area contributed by atoms with Crippen molar-refractivity contribution in [1.29, 1.82) is 0 Å². The molecular weight excluding hydrogens is 464 g/mol. The van der Waals surface area contributed by atoms with Crippen molar-refractivity contribution in [3.8, 4) is 0 Å². The van der Waals surface area contributed by atoms with Crippen molar-refractivity contribution in [1.82, 2.24) is 0 Å². The molecule has 0 saturated carbocycles. The predicted octanol–water partition coefficient (Wildman–Crippen LogP) is 1.91. The van der Waals surface area contributed by atoms with Crippen LogP contribution in [0.4, 0.5) is 30.7 Å². The fourth-order valence-electron chi connectivity index (χ4n) is 0.547. The second-order valence-electron chi connectivity index (χ2n) is 2.04. The molecule has 1 heterocycles. The Kier molecular flexibility index (Phi) is 1.79. The summed E-state index contributed by atoms with van der Waals surface area (Å²) in [6.45, 7) is -1.81. The van der Waals surface area contributed by atoms with Crippen molar-refractivity contribution in [2.24, 2.45) is 0 Å². The third-order valence-corrected chi connectivity index (χ3v) is 2.85. The number of hydrogen-bond acceptors (Lipinski definition) is 2. The average Bonchev–Trinajstić information content (AvgIpc) is 2.28. The predicted molar refractivity (Wildman–Crippen MR) is 23.1 cm³/mol. The summed E-state index contributed by atoms with van der Waals surface area (Å²) in [5.74, 6) is -4.81. The Labute approximate surface area is 66.9 Å². The van der Waals surface area contributed by atoms with E-state index in [9.17, 15) is 30.7 Å². The molecule has 0 aliphatic carbocycles. The molecule has 2 nitrogen and oxygen atoms in total. The molecule has 0 N–H and O–H groups in total. The number of ether oxygens (including phenoxy) is 1. The SMILES string of the molecule is F[C]1=[Cf][O]C(C(F)(F)F)(C(F)(F)F)O1. The van der Waals surface area contributed by atoms with Gasteiger partial charge >= 0.3 is 65.6 Å². The number of hydrogen-bond donors (Lipinski definition) is 0. The second kappa shape index (κ2) is 2.41. The molecule has 0 saturated heterocycles. The summed E-state index contributed by atoms with van der Waals surface area (Å²) in [7, 11) is 0. The first kappa shape index (κ1) is 10.4. The van der Waals surface area contributed by atoms with E-state index in [0.29, 0.717) is 0 Å². The Balaban J connectivity index is 3.08. The topological polar surface area (TPSA) is 18.5 Å². The summed E-state index contributed by atoms with van der Waals surface area (Å²) >= 11 is 0. The van der Waals surface area contributed by atoms with Crippen molar-refractivity contribution in [3.63, 3.8) is 0 Å². The minimum atomic E-state index is -5.85. The molecular formula is C4CfF7O2. The van der Waals surface area contributed by atoms with E-state index in [0.717, 1.165) is 0 Å². The van der Waals surface area contributed by atoms with Crippen molar-refractivity contribution in [3.05, 3.63) is 0 Å². The number of halogens is 7. The molecule has 1 aliphatic heterocycles. The van der Waals surface area contributed by atoms with Crippen LogP contribution in [0.3, 0.4) is 0 Å². The Hall–Kier alpha value is -1.70. The molecule has 0 spiro atoms. The Morgan fingerprint density at radius 1 is 1.00 bits per heavy atom. The van der Waals surface area contributed by atoms with Gasteiger partial charge < -0.3 is 0 Å². The molecule has 0 aromatic carbocycles. The van der Waals surface area contributed by atoms with Crippen molar-refractivity contribution >= 4 is 6.86 Å². The summed E-state index contributed by atoms with van der Waals surface area (Å²) < 4.78 is 84.2. The quantitative estimate of drug-likeness (QED) is 0.511. The van der Waals surface area contributed by atoms with Crippen LogP contribution in [0, 0.1) is 0 Å². The Bertz CT molecular complexity index is 252. The van der Waals surface area contributed by atoms with Crippen LogP contribution >= 0.6 is 0 Å². The zero-order valence-electron chi connectivity index (χ0n) is 5.78. The van der Waals surface area contributed by atoms with E-state index in [1.807, 2.05) is 0 Å². The molecule has 1 rings (SSSR count). The zero-order chi connectivity index (χ0) is 11.2. The van der Waals surface area contributed by atoms with Gasteiger partial charge in [-0.1, -0.05) is 0 Å². The van der Waals surface area contributed by atoms with Crippen LogP contribution in [0.25, 0.3) is 0 Å². The van der Waals surface area contributed by atoms with Crippen LogP contribution in [0.15, 0.2) is 0 Å². The van der Waals surface area contributed by atoms with Gasteiger partial charge in [0.1, 0.15) is 0 Å². The zero-order valence-corrected chi connectivity index (χ0v) is 8.41. The molecule has 0 aromatic rings. The molecule has 0 atom stereocenters. The average molecular weight is 464 g/mol. The second-order valence-corrected chi connectivity index (χ2v) is 4.15. The van der Waals surface area contributed by atoms with Gasteiger partial charge in [-0.2, -0.15) is 0 Å². The molecule has 0 fully saturated rings. The van der Waals surface area contributed by atoms with Crippen LogP contribution in [0.2, 0.25) is 0 Å². The summed E-state index contributed by atoms with van der Waals surface area (Å²) in [6, 6.07) is 0. The van der Waals surface area contributed by atoms with Gasteiger partial charge in [0, 0.05) is 0 Å². The molecule has 0 unspecified atom stereocenters. The first-order chi connectivity index (χ1) is 6.10. The van der Waals surface area contributed by atoms with Crippen LogP contribution in [0.1, 0.15) is 0 Å². The fraction of sp³-hybridized carbons (Fsp3) is 0.750. The molecule has 87 valence electrons. The van der Waals surface area contributed by atoms with E-state index >= 15 is 0 Å². The fourth-order valence-corrected chi connectivity index (χ4v) is 2.34. The molecule has 0 radical (unpaired) electrons. The Morgan fingerprint density at radius 3 is 1.57 bits per heavy atom. The maximum atomic E-state index is 12.1. The van der Waals surface area contributed by atoms with Gasteiger partial charge in [-0.25, -0.2) is 0 Å². The first-order valence-electron chi connectivity index (χ1n) is 2.72. The van der Waals surface area contributed by atoms with Gasteiger partial charge in [-0.05, 0) is 0 Å². The summed E-state index contributed by atoms with van der Waals surface area (Å²) in [5, 5.41) is 3.45. The standard InChI is InChI=1S/C4F7O2.Cf/c5-1-13-2(12,3(6,7)8)4(9,10)11;/q-1;+1. The minimum absolute atomic E-state index is 1.81. The van der Waals surface area contributed by atoms with Gasteiger partial charge in [0.2, 0.25) is 0 Å². The van der Waals surface area contributed by atoms with Gasteiger partial charge in [0.15, 0.2) is 0 Å². The Morgan fingerprint density at radius 2 is 1.43 bits per heavy atom. The van der Waals surface area contributed by atoms with Crippen molar-refractivity contribution < 1.29 is 40.6 Å². The monoisotopic (exact) mass is 462 g/mol. The molecule has 1 aliphatic rings. The van der Waals surface area contributed by atoms with Gasteiger partial charge in [-0.15, -0.1) is 0 Å². The molecule has 0 aromatic heterocycles. The molecule has 14 heavy (non-hydrogen) atoms. The normalized spacial score (nSPS) is 21.8. The molecule has 0 amide bonds. The van der Waals surface area contributed by atoms with Gasteiger partial charge in [0.25, 0.3) is 0 Å². The van der Waals surface area contributed by atoms with E-state index in [-0.39, 0.29) is 0 Å². The summed E-state index contributed by atoms with van der Waals surface area (Å²) in [5.41, 5.74) is 0. The van der Waals surface area contributed by atoms with Crippen molar-refractivity contribution in [2.75, 3.05) is 0 Å². The molecule has 0 bridgehead atoms. The van der Waals surface area contributed by atoms with Gasteiger partial charge in [-0.3, -0.25) is 0 Å². The van der Waals surface area contributed by atoms with Crippen LogP contribution in [-0.2, 0) is 9.84 Å². The van der Waals surface area contributed by atoms with Crippen LogP contribution < -0.4 is 0 Å². The van der Waals surface area contributed by atoms with Crippen LogP contribution in [-0.4, -0.2) is 25.0 Å². The van der Waals surface area contributed by atoms with E-state index in [1.54, 1.807) is 0 Å². The van der Waals surface area contributed by atoms with Crippen molar-refractivity contribution in [2.45, 2.75) is 18.1 Å². The first-order valence-corrected chi connectivity index (χ1v) is 5.11. The molecule has 10 heteroatoms. The van der Waals surface area contributed by atoms with Gasteiger partial charge in [0.05, 0.1) is 0 Å². The van der Waals surface area contributed by atoms with E-state index in [4.69, 9.17) is 0 Å². The summed E-state index contributed by atoms with van der Waals surface area (Å²) in [4.78, 5) is 0. The summed E-state index contributed by atoms with van der Waals surface area (Å²) in [6.07, 6.45) is -11.7. The maximum absolute atomic E-state index is 12.1. The third kappa shape index (κ3) is 1.20. The van der Waals surface area contributed by atoms with E-state index < -0.39 is 25.0 Å². The van der Waals surface area contributed by atoms with E-state index in [2.05, 4.69) is 9.84 Å². The number of rotatable bonds is 0. The number of alkyl halides is 6.